The molecule has 10 heteroatoms. The van der Waals surface area contributed by atoms with Crippen molar-refractivity contribution in [3.8, 4) is 11.5 Å². The fraction of sp³-hybridized carbons (Fsp3) is 0.167. The Morgan fingerprint density at radius 1 is 1.11 bits per heavy atom. The van der Waals surface area contributed by atoms with Crippen molar-refractivity contribution in [3.05, 3.63) is 47.5 Å². The Bertz CT molecular complexity index is 968. The number of nitrogens with one attached hydrogen (secondary N) is 2. The Balaban J connectivity index is 1.57. The number of anilines is 3. The van der Waals surface area contributed by atoms with Gasteiger partial charge in [0.25, 0.3) is 0 Å². The number of halogens is 1. The van der Waals surface area contributed by atoms with Crippen molar-refractivity contribution in [2.75, 3.05) is 30.6 Å². The number of hydrogen-bond donors (Lipinski definition) is 2. The zero-order valence-electron chi connectivity index (χ0n) is 15.1. The number of para-hydroxylation sites is 2. The number of benzene rings is 2. The summed E-state index contributed by atoms with van der Waals surface area (Å²) in [6.07, 6.45) is 0. The maximum atomic E-state index is 12.2. The number of nitrogens with zero attached hydrogens (tertiary/aromatic N) is 2. The molecule has 2 N–H and O–H groups in total. The van der Waals surface area contributed by atoms with Gasteiger partial charge in [0.05, 0.1) is 31.3 Å². The van der Waals surface area contributed by atoms with E-state index in [4.69, 9.17) is 21.1 Å². The van der Waals surface area contributed by atoms with Crippen molar-refractivity contribution < 1.29 is 14.3 Å². The monoisotopic (exact) mass is 436 g/mol. The molecular formula is C18H17ClN4O3S2. The van der Waals surface area contributed by atoms with Crippen LogP contribution in [0.2, 0.25) is 5.02 Å². The third-order valence-electron chi connectivity index (χ3n) is 3.52. The molecule has 28 heavy (non-hydrogen) atoms. The maximum Gasteiger partial charge on any atom is 0.234 e. The molecule has 0 fully saturated rings. The number of aromatic nitrogens is 2. The average molecular weight is 437 g/mol. The minimum Gasteiger partial charge on any atom is -0.495 e. The molecule has 0 saturated carbocycles. The number of carbonyl (C=O) groups excluding carboxylic acids is 1. The van der Waals surface area contributed by atoms with Gasteiger partial charge in [-0.15, -0.1) is 10.2 Å². The number of rotatable bonds is 8. The molecule has 3 aromatic rings. The van der Waals surface area contributed by atoms with Crippen LogP contribution in [0.4, 0.5) is 16.5 Å². The van der Waals surface area contributed by atoms with Crippen molar-refractivity contribution >= 4 is 57.1 Å². The highest BCUT2D eigenvalue weighted by molar-refractivity contribution is 8.01. The summed E-state index contributed by atoms with van der Waals surface area (Å²) < 4.78 is 11.2. The van der Waals surface area contributed by atoms with Crippen LogP contribution in [-0.4, -0.2) is 36.1 Å². The van der Waals surface area contributed by atoms with E-state index in [0.29, 0.717) is 31.7 Å². The van der Waals surface area contributed by atoms with Crippen LogP contribution >= 0.6 is 34.7 Å². The van der Waals surface area contributed by atoms with Gasteiger partial charge in [0.2, 0.25) is 11.0 Å². The first-order valence-corrected chi connectivity index (χ1v) is 10.3. The van der Waals surface area contributed by atoms with Crippen molar-refractivity contribution in [2.24, 2.45) is 0 Å². The molecule has 3 rings (SSSR count). The number of hydrogen-bond acceptors (Lipinski definition) is 8. The lowest BCUT2D eigenvalue weighted by atomic mass is 10.3. The van der Waals surface area contributed by atoms with Gasteiger partial charge >= 0.3 is 0 Å². The van der Waals surface area contributed by atoms with Crippen molar-refractivity contribution in [2.45, 2.75) is 4.34 Å². The summed E-state index contributed by atoms with van der Waals surface area (Å²) in [6.45, 7) is 0. The van der Waals surface area contributed by atoms with Gasteiger partial charge in [0.15, 0.2) is 4.34 Å². The lowest BCUT2D eigenvalue weighted by molar-refractivity contribution is -0.113. The third kappa shape index (κ3) is 5.28. The second kappa shape index (κ2) is 9.63. The predicted octanol–water partition coefficient (Wildman–Crippen LogP) is 4.68. The number of methoxy groups -OCH3 is 2. The predicted molar refractivity (Wildman–Crippen MR) is 114 cm³/mol. The van der Waals surface area contributed by atoms with Gasteiger partial charge in [-0.05, 0) is 30.3 Å². The van der Waals surface area contributed by atoms with E-state index in [1.807, 2.05) is 24.3 Å². The van der Waals surface area contributed by atoms with Crippen LogP contribution in [-0.2, 0) is 4.79 Å². The molecule has 1 amide bonds. The smallest absolute Gasteiger partial charge is 0.234 e. The molecule has 0 radical (unpaired) electrons. The first-order chi connectivity index (χ1) is 13.6. The van der Waals surface area contributed by atoms with E-state index >= 15 is 0 Å². The van der Waals surface area contributed by atoms with E-state index in [1.165, 1.54) is 30.2 Å². The van der Waals surface area contributed by atoms with Gasteiger partial charge in [-0.3, -0.25) is 4.79 Å². The molecule has 2 aromatic carbocycles. The molecule has 0 saturated heterocycles. The highest BCUT2D eigenvalue weighted by atomic mass is 35.5. The zero-order valence-corrected chi connectivity index (χ0v) is 17.5. The molecule has 1 aromatic heterocycles. The van der Waals surface area contributed by atoms with Crippen LogP contribution in [0.25, 0.3) is 0 Å². The standard InChI is InChI=1S/C18H17ClN4O3S2/c1-25-14-6-4-3-5-12(14)21-17-22-23-18(28-17)27-10-16(24)20-13-9-11(19)7-8-15(13)26-2/h3-9H,10H2,1-2H3,(H,20,24)(H,21,22). The number of thioether (sulfide) groups is 1. The summed E-state index contributed by atoms with van der Waals surface area (Å²) in [6, 6.07) is 12.6. The van der Waals surface area contributed by atoms with Gasteiger partial charge in [-0.2, -0.15) is 0 Å². The lowest BCUT2D eigenvalue weighted by Crippen LogP contribution is -2.14. The maximum absolute atomic E-state index is 12.2. The Kier molecular flexibility index (Phi) is 6.96. The number of amides is 1. The average Bonchev–Trinajstić information content (AvgIpc) is 3.14. The molecule has 7 nitrogen and oxygen atoms in total. The highest BCUT2D eigenvalue weighted by Crippen LogP contribution is 2.32. The van der Waals surface area contributed by atoms with E-state index in [9.17, 15) is 4.79 Å². The minimum atomic E-state index is -0.194. The van der Waals surface area contributed by atoms with E-state index in [0.717, 1.165) is 5.69 Å². The van der Waals surface area contributed by atoms with Crippen LogP contribution in [0.5, 0.6) is 11.5 Å². The van der Waals surface area contributed by atoms with Crippen molar-refractivity contribution in [3.63, 3.8) is 0 Å². The van der Waals surface area contributed by atoms with Gasteiger partial charge in [-0.1, -0.05) is 46.8 Å². The second-order valence-corrected chi connectivity index (χ2v) is 8.02. The Morgan fingerprint density at radius 3 is 2.64 bits per heavy atom. The molecule has 1 heterocycles. The normalized spacial score (nSPS) is 10.4. The van der Waals surface area contributed by atoms with Crippen LogP contribution in [0.1, 0.15) is 0 Å². The lowest BCUT2D eigenvalue weighted by Gasteiger charge is -2.10. The van der Waals surface area contributed by atoms with Crippen molar-refractivity contribution in [1.82, 2.24) is 10.2 Å². The van der Waals surface area contributed by atoms with Crippen molar-refractivity contribution in [1.29, 1.82) is 0 Å². The number of ether oxygens (including phenoxy) is 2. The quantitative estimate of drug-likeness (QED) is 0.495. The van der Waals surface area contributed by atoms with Crippen LogP contribution < -0.4 is 20.1 Å². The molecule has 0 atom stereocenters. The van der Waals surface area contributed by atoms with E-state index in [2.05, 4.69) is 20.8 Å². The molecule has 0 spiro atoms. The fourth-order valence-electron chi connectivity index (χ4n) is 2.27. The van der Waals surface area contributed by atoms with Gasteiger partial charge in [-0.25, -0.2) is 0 Å². The van der Waals surface area contributed by atoms with E-state index < -0.39 is 0 Å². The van der Waals surface area contributed by atoms with Gasteiger partial charge in [0, 0.05) is 5.02 Å². The third-order valence-corrected chi connectivity index (χ3v) is 5.72. The molecule has 0 unspecified atom stereocenters. The summed E-state index contributed by atoms with van der Waals surface area (Å²) in [5.74, 6) is 1.24. The molecular weight excluding hydrogens is 420 g/mol. The van der Waals surface area contributed by atoms with Crippen LogP contribution in [0, 0.1) is 0 Å². The summed E-state index contributed by atoms with van der Waals surface area (Å²) in [5.41, 5.74) is 1.32. The van der Waals surface area contributed by atoms with Crippen LogP contribution in [0.15, 0.2) is 46.8 Å². The minimum absolute atomic E-state index is 0.180. The molecule has 0 bridgehead atoms. The summed E-state index contributed by atoms with van der Waals surface area (Å²) in [7, 11) is 3.14. The topological polar surface area (TPSA) is 85.4 Å². The van der Waals surface area contributed by atoms with Gasteiger partial charge in [0.1, 0.15) is 11.5 Å². The summed E-state index contributed by atoms with van der Waals surface area (Å²) in [4.78, 5) is 12.2. The summed E-state index contributed by atoms with van der Waals surface area (Å²) in [5, 5.41) is 15.3. The van der Waals surface area contributed by atoms with E-state index in [-0.39, 0.29) is 11.7 Å². The molecule has 0 aliphatic heterocycles. The largest absolute Gasteiger partial charge is 0.495 e. The molecule has 0 aliphatic rings. The Hall–Kier alpha value is -2.49. The fourth-order valence-corrected chi connectivity index (χ4v) is 4.01. The first-order valence-electron chi connectivity index (χ1n) is 8.09. The molecule has 0 aliphatic carbocycles. The Morgan fingerprint density at radius 2 is 1.86 bits per heavy atom. The first kappa shape index (κ1) is 20.2. The zero-order chi connectivity index (χ0) is 19.9. The second-order valence-electron chi connectivity index (χ2n) is 5.38. The highest BCUT2D eigenvalue weighted by Gasteiger charge is 2.12. The SMILES string of the molecule is COc1ccc(Cl)cc1NC(=O)CSc1nnc(Nc2ccccc2OC)s1. The van der Waals surface area contributed by atoms with Gasteiger partial charge < -0.3 is 20.1 Å². The van der Waals surface area contributed by atoms with Crippen LogP contribution in [0.3, 0.4) is 0 Å². The Labute approximate surface area is 175 Å². The van der Waals surface area contributed by atoms with E-state index in [1.54, 1.807) is 25.3 Å². The summed E-state index contributed by atoms with van der Waals surface area (Å²) >= 11 is 8.62. The number of carbonyl (C=O) groups is 1. The molecule has 146 valence electrons.